The van der Waals surface area contributed by atoms with Crippen LogP contribution in [0.25, 0.3) is 0 Å². The molecule has 1 rings (SSSR count). The summed E-state index contributed by atoms with van der Waals surface area (Å²) in [5.41, 5.74) is 0. The fraction of sp³-hybridized carbons (Fsp3) is 0.250. The predicted octanol–water partition coefficient (Wildman–Crippen LogP) is 0.0701. The van der Waals surface area contributed by atoms with Crippen LogP contribution in [0.3, 0.4) is 0 Å². The van der Waals surface area contributed by atoms with Crippen LogP contribution in [0.5, 0.6) is 0 Å². The lowest BCUT2D eigenvalue weighted by Crippen LogP contribution is -1.76. The Kier molecular flexibility index (Phi) is 5.17. The van der Waals surface area contributed by atoms with Gasteiger partial charge < -0.3 is 9.46 Å². The molecule has 9 heavy (non-hydrogen) atoms. The maximum absolute atomic E-state index is 8.57. The van der Waals surface area contributed by atoms with Crippen LogP contribution in [-0.2, 0) is 11.6 Å². The summed E-state index contributed by atoms with van der Waals surface area (Å²) in [4.78, 5) is 10.9. The van der Waals surface area contributed by atoms with Crippen molar-refractivity contribution < 1.29 is 9.46 Å². The summed E-state index contributed by atoms with van der Waals surface area (Å²) in [5, 5.41) is 0. The number of aryl methyl sites for hydroxylation is 1. The van der Waals surface area contributed by atoms with Gasteiger partial charge in [-0.15, -0.1) is 0 Å². The van der Waals surface area contributed by atoms with Crippen LogP contribution in [0.15, 0.2) is 18.7 Å². The molecule has 1 heterocycles. The molecular formula is C4H9N2O2P. The van der Waals surface area contributed by atoms with E-state index in [0.29, 0.717) is 0 Å². The zero-order chi connectivity index (χ0) is 7.11. The molecule has 5 heteroatoms. The van der Waals surface area contributed by atoms with Crippen molar-refractivity contribution in [2.75, 3.05) is 0 Å². The lowest BCUT2D eigenvalue weighted by Gasteiger charge is -1.76. The summed E-state index contributed by atoms with van der Waals surface area (Å²) in [6.07, 6.45) is 5.39. The molecular weight excluding hydrogens is 139 g/mol. The van der Waals surface area contributed by atoms with E-state index in [1.807, 2.05) is 17.8 Å². The van der Waals surface area contributed by atoms with Gasteiger partial charge in [0.2, 0.25) is 0 Å². The van der Waals surface area contributed by atoms with Crippen LogP contribution < -0.4 is 0 Å². The van der Waals surface area contributed by atoms with Gasteiger partial charge in [0, 0.05) is 19.4 Å². The van der Waals surface area contributed by atoms with Crippen molar-refractivity contribution in [3.05, 3.63) is 18.7 Å². The largest absolute Gasteiger partial charge is 0.348 e. The minimum Gasteiger partial charge on any atom is -0.348 e. The molecule has 1 aromatic rings. The molecule has 1 atom stereocenters. The van der Waals surface area contributed by atoms with E-state index < -0.39 is 8.69 Å². The second kappa shape index (κ2) is 5.54. The summed E-state index contributed by atoms with van der Waals surface area (Å²) in [6, 6.07) is 0. The van der Waals surface area contributed by atoms with Gasteiger partial charge in [-0.25, -0.2) is 4.98 Å². The molecule has 0 aliphatic heterocycles. The average Bonchev–Trinajstić information content (AvgIpc) is 2.20. The van der Waals surface area contributed by atoms with Gasteiger partial charge in [-0.05, 0) is 0 Å². The van der Waals surface area contributed by atoms with Crippen molar-refractivity contribution in [2.45, 2.75) is 0 Å². The van der Waals surface area contributed by atoms with Crippen molar-refractivity contribution in [2.24, 2.45) is 7.05 Å². The Balaban J connectivity index is 0.000000187. The Bertz CT molecular complexity index is 152. The molecule has 1 N–H and O–H groups in total. The maximum atomic E-state index is 8.57. The van der Waals surface area contributed by atoms with Gasteiger partial charge in [0.15, 0.2) is 8.69 Å². The summed E-state index contributed by atoms with van der Waals surface area (Å²) in [6.45, 7) is 0. The zero-order valence-corrected chi connectivity index (χ0v) is 6.21. The molecule has 0 bridgehead atoms. The van der Waals surface area contributed by atoms with E-state index in [-0.39, 0.29) is 0 Å². The molecule has 0 amide bonds. The quantitative estimate of drug-likeness (QED) is 0.529. The first kappa shape index (κ1) is 8.40. The Morgan fingerprint density at radius 2 is 2.33 bits per heavy atom. The van der Waals surface area contributed by atoms with E-state index in [9.17, 15) is 0 Å². The first-order chi connectivity index (χ1) is 4.31. The summed E-state index contributed by atoms with van der Waals surface area (Å²) >= 11 is 0. The van der Waals surface area contributed by atoms with Crippen LogP contribution in [0.1, 0.15) is 0 Å². The topological polar surface area (TPSA) is 55.1 Å². The van der Waals surface area contributed by atoms with Crippen molar-refractivity contribution in [3.63, 3.8) is 0 Å². The molecule has 0 aliphatic rings. The van der Waals surface area contributed by atoms with Gasteiger partial charge in [0.05, 0.1) is 6.33 Å². The third-order valence-corrected chi connectivity index (χ3v) is 0.637. The summed E-state index contributed by atoms with van der Waals surface area (Å²) < 4.78 is 10.5. The van der Waals surface area contributed by atoms with Gasteiger partial charge in [-0.1, -0.05) is 0 Å². The van der Waals surface area contributed by atoms with Gasteiger partial charge in [-0.3, -0.25) is 4.57 Å². The molecule has 1 unspecified atom stereocenters. The Morgan fingerprint density at radius 3 is 2.44 bits per heavy atom. The van der Waals surface area contributed by atoms with Gasteiger partial charge in [-0.2, -0.15) is 0 Å². The third kappa shape index (κ3) is 5.27. The predicted molar refractivity (Wildman–Crippen MR) is 35.8 cm³/mol. The third-order valence-electron chi connectivity index (χ3n) is 0.637. The number of hydrogen-bond donors (Lipinski definition) is 1. The number of hydrogen-bond acceptors (Lipinski definition) is 2. The Morgan fingerprint density at radius 1 is 1.78 bits per heavy atom. The zero-order valence-electron chi connectivity index (χ0n) is 5.06. The van der Waals surface area contributed by atoms with E-state index in [1.165, 1.54) is 0 Å². The molecule has 0 saturated heterocycles. The van der Waals surface area contributed by atoms with Crippen LogP contribution in [0.4, 0.5) is 0 Å². The number of nitrogens with zero attached hydrogens (tertiary/aromatic N) is 2. The first-order valence-corrected chi connectivity index (χ1v) is 3.30. The molecule has 0 radical (unpaired) electrons. The van der Waals surface area contributed by atoms with Crippen LogP contribution in [0, 0.1) is 0 Å². The number of rotatable bonds is 0. The molecule has 4 nitrogen and oxygen atoms in total. The standard InChI is InChI=1S/C4H6N2.H3O2P/c1-6-3-2-5-4-6;1-3-2/h2-4H,1H3;3H2,(H,1,2). The summed E-state index contributed by atoms with van der Waals surface area (Å²) in [5.74, 6) is 0. The van der Waals surface area contributed by atoms with E-state index in [4.69, 9.17) is 9.46 Å². The minimum absolute atomic E-state index is 1.50. The lowest BCUT2D eigenvalue weighted by molar-refractivity contribution is 0.524. The molecule has 1 aromatic heterocycles. The first-order valence-electron chi connectivity index (χ1n) is 2.31. The van der Waals surface area contributed by atoms with Gasteiger partial charge in [0.1, 0.15) is 0 Å². The Labute approximate surface area is 54.4 Å². The van der Waals surface area contributed by atoms with Crippen molar-refractivity contribution in [3.8, 4) is 0 Å². The number of imidazole rings is 1. The number of aromatic nitrogens is 2. The highest BCUT2D eigenvalue weighted by molar-refractivity contribution is 7.16. The minimum atomic E-state index is -1.50. The molecule has 0 aliphatic carbocycles. The fourth-order valence-electron chi connectivity index (χ4n) is 0.326. The van der Waals surface area contributed by atoms with Crippen molar-refractivity contribution in [1.82, 2.24) is 9.55 Å². The monoisotopic (exact) mass is 148 g/mol. The van der Waals surface area contributed by atoms with Crippen LogP contribution >= 0.6 is 8.69 Å². The van der Waals surface area contributed by atoms with Crippen molar-refractivity contribution in [1.29, 1.82) is 0 Å². The maximum Gasteiger partial charge on any atom is 0.177 e. The second-order valence-electron chi connectivity index (χ2n) is 1.33. The van der Waals surface area contributed by atoms with E-state index in [2.05, 4.69) is 4.98 Å². The SMILES string of the molecule is Cn1ccnc1.O=[PH2]O. The fourth-order valence-corrected chi connectivity index (χ4v) is 0.326. The van der Waals surface area contributed by atoms with Gasteiger partial charge in [0.25, 0.3) is 0 Å². The van der Waals surface area contributed by atoms with Crippen LogP contribution in [0.2, 0.25) is 0 Å². The highest BCUT2D eigenvalue weighted by atomic mass is 31.1. The molecule has 0 aromatic carbocycles. The molecule has 0 saturated carbocycles. The average molecular weight is 148 g/mol. The highest BCUT2D eigenvalue weighted by Gasteiger charge is 1.69. The van der Waals surface area contributed by atoms with Gasteiger partial charge >= 0.3 is 0 Å². The smallest absolute Gasteiger partial charge is 0.177 e. The lowest BCUT2D eigenvalue weighted by atomic mass is 10.9. The Hall–Kier alpha value is -0.600. The molecule has 0 fully saturated rings. The molecule has 0 spiro atoms. The van der Waals surface area contributed by atoms with Crippen molar-refractivity contribution >= 4 is 8.69 Å². The van der Waals surface area contributed by atoms with Crippen LogP contribution in [-0.4, -0.2) is 14.4 Å². The van der Waals surface area contributed by atoms with E-state index in [0.717, 1.165) is 0 Å². The normalized spacial score (nSPS) is 9.11. The highest BCUT2D eigenvalue weighted by Crippen LogP contribution is 1.73. The van der Waals surface area contributed by atoms with E-state index in [1.54, 1.807) is 12.5 Å². The van der Waals surface area contributed by atoms with E-state index >= 15 is 0 Å². The second-order valence-corrected chi connectivity index (χ2v) is 1.54. The summed E-state index contributed by atoms with van der Waals surface area (Å²) in [7, 11) is 0.437. The molecule has 52 valence electrons.